The topological polar surface area (TPSA) is 0 Å². The average Bonchev–Trinajstić information content (AvgIpc) is 2.10. The molecule has 0 aliphatic carbocycles. The van der Waals surface area contributed by atoms with E-state index < -0.39 is 0 Å². The van der Waals surface area contributed by atoms with Crippen LogP contribution in [0.5, 0.6) is 0 Å². The monoisotopic (exact) mass is 165 g/mol. The molecule has 0 fully saturated rings. The Kier molecular flexibility index (Phi) is 10.0. The molecule has 0 aliphatic heterocycles. The van der Waals surface area contributed by atoms with Crippen LogP contribution in [0.2, 0.25) is 0 Å². The van der Waals surface area contributed by atoms with Crippen LogP contribution in [0.25, 0.3) is 0 Å². The second-order valence-electron chi connectivity index (χ2n) is 3.02. The van der Waals surface area contributed by atoms with E-state index in [1.54, 1.807) is 0 Å². The summed E-state index contributed by atoms with van der Waals surface area (Å²) >= 11 is 0. The fraction of sp³-hybridized carbons (Fsp3) is 0.583. The lowest BCUT2D eigenvalue weighted by Gasteiger charge is -1.90. The Bertz CT molecular complexity index is 120. The Morgan fingerprint density at radius 2 is 1.50 bits per heavy atom. The third kappa shape index (κ3) is 9.48. The molecule has 12 heavy (non-hydrogen) atoms. The highest BCUT2D eigenvalue weighted by atomic mass is 13.9. The zero-order chi connectivity index (χ0) is 9.07. The third-order valence-electron chi connectivity index (χ3n) is 1.80. The molecule has 0 unspecified atom stereocenters. The molecule has 0 spiro atoms. The van der Waals surface area contributed by atoms with E-state index in [-0.39, 0.29) is 0 Å². The van der Waals surface area contributed by atoms with Crippen molar-refractivity contribution in [3.05, 3.63) is 31.2 Å². The van der Waals surface area contributed by atoms with Gasteiger partial charge in [-0.3, -0.25) is 0 Å². The van der Waals surface area contributed by atoms with E-state index in [4.69, 9.17) is 0 Å². The van der Waals surface area contributed by atoms with Crippen molar-refractivity contribution in [3.8, 4) is 0 Å². The van der Waals surface area contributed by atoms with Gasteiger partial charge in [0.2, 0.25) is 0 Å². The first-order valence-electron chi connectivity index (χ1n) is 5.01. The first-order valence-corrected chi connectivity index (χ1v) is 5.01. The van der Waals surface area contributed by atoms with E-state index in [1.165, 1.54) is 38.5 Å². The van der Waals surface area contributed by atoms with E-state index in [0.29, 0.717) is 0 Å². The molecule has 0 nitrogen and oxygen atoms in total. The molecular weight excluding hydrogens is 144 g/mol. The van der Waals surface area contributed by atoms with E-state index in [0.717, 1.165) is 0 Å². The highest BCUT2D eigenvalue weighted by molar-refractivity contribution is 4.86. The minimum atomic E-state index is 1.17. The summed E-state index contributed by atoms with van der Waals surface area (Å²) in [6.45, 7) is 5.87. The summed E-state index contributed by atoms with van der Waals surface area (Å²) in [5.41, 5.74) is 0. The number of hydrogen-bond donors (Lipinski definition) is 0. The summed E-state index contributed by atoms with van der Waals surface area (Å²) in [6, 6.07) is 0. The smallest absolute Gasteiger partial charge is 0.0316 e. The minimum absolute atomic E-state index is 1.17. The largest absolute Gasteiger partial charge is 0.0885 e. The van der Waals surface area contributed by atoms with E-state index >= 15 is 0 Å². The molecule has 0 aliphatic rings. The van der Waals surface area contributed by atoms with Crippen molar-refractivity contribution in [1.82, 2.24) is 0 Å². The van der Waals surface area contributed by atoms with Gasteiger partial charge in [0.15, 0.2) is 0 Å². The van der Waals surface area contributed by atoms with Gasteiger partial charge in [0.25, 0.3) is 0 Å². The maximum atomic E-state index is 3.65. The van der Waals surface area contributed by atoms with Gasteiger partial charge < -0.3 is 0 Å². The Morgan fingerprint density at radius 1 is 0.917 bits per heavy atom. The summed E-state index contributed by atoms with van der Waals surface area (Å²) < 4.78 is 0. The minimum Gasteiger partial charge on any atom is -0.0885 e. The Hall–Kier alpha value is -0.520. The van der Waals surface area contributed by atoms with E-state index in [1.807, 2.05) is 6.08 Å². The van der Waals surface area contributed by atoms with Crippen molar-refractivity contribution in [2.24, 2.45) is 0 Å². The highest BCUT2D eigenvalue weighted by Crippen LogP contribution is 2.00. The van der Waals surface area contributed by atoms with Gasteiger partial charge >= 0.3 is 0 Å². The molecule has 0 aromatic rings. The van der Waals surface area contributed by atoms with Gasteiger partial charge in [-0.25, -0.2) is 0 Å². The Balaban J connectivity index is 3.02. The predicted octanol–water partition coefficient (Wildman–Crippen LogP) is 4.29. The van der Waals surface area contributed by atoms with Crippen molar-refractivity contribution in [2.45, 2.75) is 45.4 Å². The van der Waals surface area contributed by atoms with Crippen LogP contribution in [0, 0.1) is 6.92 Å². The van der Waals surface area contributed by atoms with Gasteiger partial charge in [-0.1, -0.05) is 44.1 Å². The lowest BCUT2D eigenvalue weighted by molar-refractivity contribution is 0.805. The van der Waals surface area contributed by atoms with Gasteiger partial charge in [-0.05, 0) is 32.6 Å². The van der Waals surface area contributed by atoms with Crippen molar-refractivity contribution < 1.29 is 0 Å². The van der Waals surface area contributed by atoms with Crippen LogP contribution < -0.4 is 0 Å². The van der Waals surface area contributed by atoms with Crippen LogP contribution >= 0.6 is 0 Å². The fourth-order valence-electron chi connectivity index (χ4n) is 1.03. The number of rotatable bonds is 7. The molecule has 0 N–H and O–H groups in total. The van der Waals surface area contributed by atoms with Gasteiger partial charge in [0.05, 0.1) is 0 Å². The average molecular weight is 165 g/mol. The van der Waals surface area contributed by atoms with E-state index in [9.17, 15) is 0 Å². The molecule has 0 bridgehead atoms. The van der Waals surface area contributed by atoms with Crippen LogP contribution in [0.15, 0.2) is 24.3 Å². The van der Waals surface area contributed by atoms with Crippen LogP contribution in [0.4, 0.5) is 0 Å². The summed E-state index contributed by atoms with van der Waals surface area (Å²) in [5, 5.41) is 0. The van der Waals surface area contributed by atoms with Crippen LogP contribution in [-0.4, -0.2) is 0 Å². The molecule has 0 rings (SSSR count). The zero-order valence-electron chi connectivity index (χ0n) is 8.26. The quantitative estimate of drug-likeness (QED) is 0.390. The van der Waals surface area contributed by atoms with Crippen molar-refractivity contribution in [3.63, 3.8) is 0 Å². The Labute approximate surface area is 77.4 Å². The number of hydrogen-bond acceptors (Lipinski definition) is 0. The van der Waals surface area contributed by atoms with Gasteiger partial charge in [0.1, 0.15) is 0 Å². The molecule has 0 saturated carbocycles. The van der Waals surface area contributed by atoms with Gasteiger partial charge in [-0.15, -0.1) is 0 Å². The normalized spacial score (nSPS) is 11.8. The van der Waals surface area contributed by atoms with Crippen molar-refractivity contribution >= 4 is 0 Å². The molecule has 0 amide bonds. The lowest BCUT2D eigenvalue weighted by atomic mass is 10.2. The highest BCUT2D eigenvalue weighted by Gasteiger charge is 1.80. The fourth-order valence-corrected chi connectivity index (χ4v) is 1.03. The molecule has 1 radical (unpaired) electrons. The third-order valence-corrected chi connectivity index (χ3v) is 1.80. The van der Waals surface area contributed by atoms with Crippen molar-refractivity contribution in [2.75, 3.05) is 0 Å². The molecule has 0 saturated heterocycles. The molecule has 0 aromatic heterocycles. The second kappa shape index (κ2) is 10.5. The first-order chi connectivity index (χ1) is 5.91. The predicted molar refractivity (Wildman–Crippen MR) is 57.0 cm³/mol. The summed E-state index contributed by atoms with van der Waals surface area (Å²) in [7, 11) is 0. The second-order valence-corrected chi connectivity index (χ2v) is 3.02. The van der Waals surface area contributed by atoms with Crippen LogP contribution in [0.3, 0.4) is 0 Å². The van der Waals surface area contributed by atoms with Crippen LogP contribution in [0.1, 0.15) is 45.4 Å². The van der Waals surface area contributed by atoms with Gasteiger partial charge in [0, 0.05) is 0 Å². The molecule has 0 atom stereocenters. The SMILES string of the molecule is [CH2]/C=C/CCC/C=C/CCCC. The van der Waals surface area contributed by atoms with E-state index in [2.05, 4.69) is 32.1 Å². The lowest BCUT2D eigenvalue weighted by Crippen LogP contribution is -1.70. The standard InChI is InChI=1S/C12H21/c1-3-5-7-9-11-12-10-8-6-4-2/h3,5,10,12H,1,4,6-9,11H2,2H3/b5-3+,12-10+. The molecule has 0 aromatic carbocycles. The van der Waals surface area contributed by atoms with Crippen molar-refractivity contribution in [1.29, 1.82) is 0 Å². The summed E-state index contributed by atoms with van der Waals surface area (Å²) in [6.07, 6.45) is 16.1. The maximum Gasteiger partial charge on any atom is -0.0316 e. The number of unbranched alkanes of at least 4 members (excludes halogenated alkanes) is 4. The first kappa shape index (κ1) is 11.5. The molecule has 0 heterocycles. The Morgan fingerprint density at radius 3 is 2.08 bits per heavy atom. The molecular formula is C12H21. The molecule has 0 heteroatoms. The van der Waals surface area contributed by atoms with Gasteiger partial charge in [-0.2, -0.15) is 0 Å². The van der Waals surface area contributed by atoms with Crippen LogP contribution in [-0.2, 0) is 0 Å². The molecule has 69 valence electrons. The number of allylic oxidation sites excluding steroid dienone is 4. The summed E-state index contributed by atoms with van der Waals surface area (Å²) in [5.74, 6) is 0. The summed E-state index contributed by atoms with van der Waals surface area (Å²) in [4.78, 5) is 0. The maximum absolute atomic E-state index is 3.65. The zero-order valence-corrected chi connectivity index (χ0v) is 8.26.